The minimum Gasteiger partial charge on any atom is -0.497 e. The number of hydrogen-bond acceptors (Lipinski definition) is 4. The number of ether oxygens (including phenoxy) is 4. The van der Waals surface area contributed by atoms with Crippen LogP contribution in [0.5, 0.6) is 5.75 Å². The summed E-state index contributed by atoms with van der Waals surface area (Å²) in [6, 6.07) is 6.23. The predicted octanol–water partition coefficient (Wildman–Crippen LogP) is 2.90. The maximum Gasteiger partial charge on any atom is 0.312 e. The highest BCUT2D eigenvalue weighted by molar-refractivity contribution is 5.61. The highest BCUT2D eigenvalue weighted by Gasteiger charge is 2.12. The van der Waals surface area contributed by atoms with Crippen LogP contribution < -0.4 is 4.74 Å². The number of rotatable bonds is 8. The zero-order valence-electron chi connectivity index (χ0n) is 10.8. The SMILES string of the molecule is COCCOCOC(=C(F)F)c1cccc(OC)c1. The smallest absolute Gasteiger partial charge is 0.312 e. The molecule has 0 aromatic heterocycles. The van der Waals surface area contributed by atoms with Crippen molar-refractivity contribution >= 4 is 5.76 Å². The lowest BCUT2D eigenvalue weighted by Gasteiger charge is -2.11. The van der Waals surface area contributed by atoms with Crippen LogP contribution in [0.25, 0.3) is 5.76 Å². The molecule has 106 valence electrons. The average Bonchev–Trinajstić information content (AvgIpc) is 2.42. The van der Waals surface area contributed by atoms with Crippen molar-refractivity contribution in [3.8, 4) is 5.75 Å². The third-order valence-corrected chi connectivity index (χ3v) is 2.22. The van der Waals surface area contributed by atoms with E-state index in [1.54, 1.807) is 12.1 Å². The molecule has 0 fully saturated rings. The quantitative estimate of drug-likeness (QED) is 0.415. The van der Waals surface area contributed by atoms with E-state index in [9.17, 15) is 8.78 Å². The largest absolute Gasteiger partial charge is 0.497 e. The van der Waals surface area contributed by atoms with Gasteiger partial charge >= 0.3 is 6.08 Å². The van der Waals surface area contributed by atoms with Crippen molar-refractivity contribution in [2.75, 3.05) is 34.2 Å². The molecule has 0 aliphatic rings. The van der Waals surface area contributed by atoms with E-state index in [0.717, 1.165) is 0 Å². The van der Waals surface area contributed by atoms with Crippen molar-refractivity contribution in [1.82, 2.24) is 0 Å². The first-order valence-corrected chi connectivity index (χ1v) is 5.58. The summed E-state index contributed by atoms with van der Waals surface area (Å²) >= 11 is 0. The molecule has 0 aliphatic heterocycles. The van der Waals surface area contributed by atoms with Crippen LogP contribution >= 0.6 is 0 Å². The standard InChI is InChI=1S/C13H16F2O4/c1-16-6-7-18-9-19-12(13(14)15)10-4-3-5-11(8-10)17-2/h3-5,8H,6-7,9H2,1-2H3. The van der Waals surface area contributed by atoms with Crippen molar-refractivity contribution in [2.45, 2.75) is 0 Å². The Morgan fingerprint density at radius 3 is 2.58 bits per heavy atom. The molecule has 1 rings (SSSR count). The fraction of sp³-hybridized carbons (Fsp3) is 0.385. The third kappa shape index (κ3) is 5.23. The summed E-state index contributed by atoms with van der Waals surface area (Å²) in [5, 5.41) is 0. The highest BCUT2D eigenvalue weighted by atomic mass is 19.3. The Balaban J connectivity index is 2.65. The zero-order valence-corrected chi connectivity index (χ0v) is 10.8. The van der Waals surface area contributed by atoms with Crippen molar-refractivity contribution in [3.05, 3.63) is 35.9 Å². The molecule has 4 nitrogen and oxygen atoms in total. The Morgan fingerprint density at radius 1 is 1.16 bits per heavy atom. The Labute approximate surface area is 110 Å². The van der Waals surface area contributed by atoms with Crippen molar-refractivity contribution < 1.29 is 27.7 Å². The van der Waals surface area contributed by atoms with Crippen LogP contribution in [0.15, 0.2) is 30.3 Å². The molecule has 0 aliphatic carbocycles. The summed E-state index contributed by atoms with van der Waals surface area (Å²) in [7, 11) is 2.98. The van der Waals surface area contributed by atoms with E-state index in [2.05, 4.69) is 0 Å². The summed E-state index contributed by atoms with van der Waals surface area (Å²) < 4.78 is 45.3. The lowest BCUT2D eigenvalue weighted by atomic mass is 10.2. The Morgan fingerprint density at radius 2 is 1.95 bits per heavy atom. The minimum atomic E-state index is -1.91. The molecular weight excluding hydrogens is 258 g/mol. The molecular formula is C13H16F2O4. The van der Waals surface area contributed by atoms with E-state index in [0.29, 0.717) is 12.4 Å². The molecule has 0 saturated heterocycles. The normalized spacial score (nSPS) is 10.1. The third-order valence-electron chi connectivity index (χ3n) is 2.22. The molecule has 1 aromatic rings. The molecule has 0 spiro atoms. The van der Waals surface area contributed by atoms with E-state index in [1.807, 2.05) is 0 Å². The lowest BCUT2D eigenvalue weighted by Crippen LogP contribution is -2.06. The van der Waals surface area contributed by atoms with Crippen molar-refractivity contribution in [2.24, 2.45) is 0 Å². The second-order valence-corrected chi connectivity index (χ2v) is 3.48. The van der Waals surface area contributed by atoms with Crippen molar-refractivity contribution in [3.63, 3.8) is 0 Å². The van der Waals surface area contributed by atoms with Crippen LogP contribution in [-0.4, -0.2) is 34.2 Å². The molecule has 1 aromatic carbocycles. The lowest BCUT2D eigenvalue weighted by molar-refractivity contribution is -0.0236. The summed E-state index contributed by atoms with van der Waals surface area (Å²) in [4.78, 5) is 0. The van der Waals surface area contributed by atoms with E-state index < -0.39 is 11.8 Å². The fourth-order valence-corrected chi connectivity index (χ4v) is 1.31. The first-order chi connectivity index (χ1) is 9.19. The minimum absolute atomic E-state index is 0.231. The maximum atomic E-state index is 12.8. The predicted molar refractivity (Wildman–Crippen MR) is 65.9 cm³/mol. The fourth-order valence-electron chi connectivity index (χ4n) is 1.31. The molecule has 0 amide bonds. The monoisotopic (exact) mass is 274 g/mol. The van der Waals surface area contributed by atoms with Gasteiger partial charge in [0.25, 0.3) is 0 Å². The first kappa shape index (κ1) is 15.4. The van der Waals surface area contributed by atoms with Gasteiger partial charge in [0, 0.05) is 12.7 Å². The van der Waals surface area contributed by atoms with Gasteiger partial charge in [-0.25, -0.2) is 0 Å². The summed E-state index contributed by atoms with van der Waals surface area (Å²) in [6.45, 7) is 0.378. The average molecular weight is 274 g/mol. The van der Waals surface area contributed by atoms with Crippen LogP contribution in [-0.2, 0) is 14.2 Å². The molecule has 6 heteroatoms. The van der Waals surface area contributed by atoms with Gasteiger partial charge in [0.15, 0.2) is 12.6 Å². The van der Waals surface area contributed by atoms with Gasteiger partial charge in [0.05, 0.1) is 20.3 Å². The van der Waals surface area contributed by atoms with E-state index in [-0.39, 0.29) is 19.0 Å². The topological polar surface area (TPSA) is 36.9 Å². The van der Waals surface area contributed by atoms with Gasteiger partial charge in [-0.2, -0.15) is 8.78 Å². The van der Waals surface area contributed by atoms with Crippen LogP contribution in [0.4, 0.5) is 8.78 Å². The van der Waals surface area contributed by atoms with Gasteiger partial charge in [-0.3, -0.25) is 0 Å². The Hall–Kier alpha value is -1.66. The van der Waals surface area contributed by atoms with Gasteiger partial charge in [-0.1, -0.05) is 12.1 Å². The number of methoxy groups -OCH3 is 2. The number of halogens is 2. The molecule has 0 saturated carbocycles. The van der Waals surface area contributed by atoms with E-state index >= 15 is 0 Å². The summed E-state index contributed by atoms with van der Waals surface area (Å²) in [5.41, 5.74) is 0.231. The van der Waals surface area contributed by atoms with E-state index in [1.165, 1.54) is 26.4 Å². The molecule has 0 unspecified atom stereocenters. The van der Waals surface area contributed by atoms with Crippen LogP contribution in [0.3, 0.4) is 0 Å². The second-order valence-electron chi connectivity index (χ2n) is 3.48. The van der Waals surface area contributed by atoms with Crippen LogP contribution in [0.2, 0.25) is 0 Å². The molecule has 0 N–H and O–H groups in total. The van der Waals surface area contributed by atoms with Crippen LogP contribution in [0, 0.1) is 0 Å². The molecule has 0 heterocycles. The van der Waals surface area contributed by atoms with Gasteiger partial charge in [0.1, 0.15) is 5.75 Å². The van der Waals surface area contributed by atoms with Gasteiger partial charge in [-0.15, -0.1) is 0 Å². The molecule has 0 radical (unpaired) electrons. The first-order valence-electron chi connectivity index (χ1n) is 5.58. The van der Waals surface area contributed by atoms with Gasteiger partial charge < -0.3 is 18.9 Å². The molecule has 0 bridgehead atoms. The molecule has 0 atom stereocenters. The zero-order chi connectivity index (χ0) is 14.1. The number of benzene rings is 1. The summed E-state index contributed by atoms with van der Waals surface area (Å²) in [5.74, 6) is -0.0449. The maximum absolute atomic E-state index is 12.8. The highest BCUT2D eigenvalue weighted by Crippen LogP contribution is 2.25. The van der Waals surface area contributed by atoms with Crippen molar-refractivity contribution in [1.29, 1.82) is 0 Å². The Kier molecular flexibility index (Phi) is 6.84. The number of hydrogen-bond donors (Lipinski definition) is 0. The van der Waals surface area contributed by atoms with Gasteiger partial charge in [0.2, 0.25) is 0 Å². The van der Waals surface area contributed by atoms with E-state index in [4.69, 9.17) is 18.9 Å². The van der Waals surface area contributed by atoms with Crippen LogP contribution in [0.1, 0.15) is 5.56 Å². The summed E-state index contributed by atoms with van der Waals surface area (Å²) in [6.07, 6.45) is -1.91. The molecule has 19 heavy (non-hydrogen) atoms. The van der Waals surface area contributed by atoms with Gasteiger partial charge in [-0.05, 0) is 12.1 Å². The second kappa shape index (κ2) is 8.44. The Bertz CT molecular complexity index is 417.